The largest absolute Gasteiger partial charge is 0.379 e. The van der Waals surface area contributed by atoms with Crippen LogP contribution in [-0.2, 0) is 17.7 Å². The number of benzene rings is 2. The van der Waals surface area contributed by atoms with E-state index in [-0.39, 0.29) is 11.8 Å². The van der Waals surface area contributed by atoms with Crippen LogP contribution >= 0.6 is 0 Å². The van der Waals surface area contributed by atoms with Gasteiger partial charge in [-0.3, -0.25) is 9.78 Å². The van der Waals surface area contributed by atoms with Gasteiger partial charge in [-0.1, -0.05) is 36.4 Å². The number of carbonyl (C=O) groups is 1. The Morgan fingerprint density at radius 3 is 2.85 bits per heavy atom. The van der Waals surface area contributed by atoms with Gasteiger partial charge in [0.1, 0.15) is 5.82 Å². The highest BCUT2D eigenvalue weighted by Crippen LogP contribution is 2.23. The number of aryl methyl sites for hydroxylation is 1. The van der Waals surface area contributed by atoms with E-state index >= 15 is 0 Å². The molecule has 0 radical (unpaired) electrons. The number of carbonyl (C=O) groups excluding carboxylic acids is 1. The zero-order valence-electron chi connectivity index (χ0n) is 18.9. The number of imidazole rings is 1. The van der Waals surface area contributed by atoms with Crippen LogP contribution in [0, 0.1) is 12.8 Å². The molecular weight excluding hydrogens is 412 g/mol. The third-order valence-electron chi connectivity index (χ3n) is 6.42. The lowest BCUT2D eigenvalue weighted by Crippen LogP contribution is -2.37. The molecule has 1 atom stereocenters. The Balaban J connectivity index is 1.36. The molecule has 0 saturated carbocycles. The minimum atomic E-state index is 0.0704. The molecule has 6 nitrogen and oxygen atoms in total. The summed E-state index contributed by atoms with van der Waals surface area (Å²) in [7, 11) is 0. The molecule has 0 N–H and O–H groups in total. The fourth-order valence-corrected chi connectivity index (χ4v) is 4.66. The predicted octanol–water partition coefficient (Wildman–Crippen LogP) is 4.12. The van der Waals surface area contributed by atoms with Crippen molar-refractivity contribution in [3.63, 3.8) is 0 Å². The zero-order chi connectivity index (χ0) is 22.6. The third kappa shape index (κ3) is 4.66. The fraction of sp³-hybridized carbons (Fsp3) is 0.296. The Morgan fingerprint density at radius 1 is 1.09 bits per heavy atom. The lowest BCUT2D eigenvalue weighted by Gasteiger charge is -2.25. The van der Waals surface area contributed by atoms with Crippen molar-refractivity contribution in [1.29, 1.82) is 0 Å². The number of pyridine rings is 1. The molecule has 2 aromatic heterocycles. The van der Waals surface area contributed by atoms with Crippen molar-refractivity contribution in [2.75, 3.05) is 26.3 Å². The first-order valence-corrected chi connectivity index (χ1v) is 11.4. The van der Waals surface area contributed by atoms with E-state index in [9.17, 15) is 4.79 Å². The van der Waals surface area contributed by atoms with Crippen molar-refractivity contribution >= 4 is 16.7 Å². The second-order valence-electron chi connectivity index (χ2n) is 8.67. The average Bonchev–Trinajstić information content (AvgIpc) is 3.10. The van der Waals surface area contributed by atoms with E-state index in [1.807, 2.05) is 54.7 Å². The van der Waals surface area contributed by atoms with E-state index in [0.717, 1.165) is 28.8 Å². The SMILES string of the molecule is Cc1nccn1Cc1ccccc1C(=O)N1CCOCC(Cc2cccc3cnccc23)C1. The second kappa shape index (κ2) is 9.55. The maximum absolute atomic E-state index is 13.6. The van der Waals surface area contributed by atoms with E-state index in [4.69, 9.17) is 4.74 Å². The third-order valence-corrected chi connectivity index (χ3v) is 6.42. The lowest BCUT2D eigenvalue weighted by molar-refractivity contribution is 0.0736. The Kier molecular flexibility index (Phi) is 6.17. The first-order chi connectivity index (χ1) is 16.2. The summed E-state index contributed by atoms with van der Waals surface area (Å²) < 4.78 is 7.99. The summed E-state index contributed by atoms with van der Waals surface area (Å²) in [6, 6.07) is 16.3. The monoisotopic (exact) mass is 440 g/mol. The number of aromatic nitrogens is 3. The number of amides is 1. The van der Waals surface area contributed by atoms with Crippen LogP contribution in [0.2, 0.25) is 0 Å². The summed E-state index contributed by atoms with van der Waals surface area (Å²) in [5, 5.41) is 2.36. The van der Waals surface area contributed by atoms with E-state index in [1.54, 1.807) is 6.20 Å². The van der Waals surface area contributed by atoms with Crippen LogP contribution in [-0.4, -0.2) is 51.6 Å². The van der Waals surface area contributed by atoms with Crippen LogP contribution in [0.1, 0.15) is 27.3 Å². The highest BCUT2D eigenvalue weighted by Gasteiger charge is 2.25. The summed E-state index contributed by atoms with van der Waals surface area (Å²) in [4.78, 5) is 24.1. The van der Waals surface area contributed by atoms with Crippen molar-refractivity contribution in [1.82, 2.24) is 19.4 Å². The molecule has 1 saturated heterocycles. The predicted molar refractivity (Wildman–Crippen MR) is 128 cm³/mol. The van der Waals surface area contributed by atoms with Crippen LogP contribution < -0.4 is 0 Å². The number of nitrogens with zero attached hydrogens (tertiary/aromatic N) is 4. The quantitative estimate of drug-likeness (QED) is 0.468. The van der Waals surface area contributed by atoms with Crippen molar-refractivity contribution in [2.45, 2.75) is 19.9 Å². The molecule has 0 bridgehead atoms. The topological polar surface area (TPSA) is 60.2 Å². The molecule has 4 aromatic rings. The Bertz CT molecular complexity index is 1260. The molecule has 2 aromatic carbocycles. The molecule has 33 heavy (non-hydrogen) atoms. The Labute approximate surface area is 193 Å². The first kappa shape index (κ1) is 21.3. The lowest BCUT2D eigenvalue weighted by atomic mass is 9.95. The Hall–Kier alpha value is -3.51. The van der Waals surface area contributed by atoms with Gasteiger partial charge >= 0.3 is 0 Å². The van der Waals surface area contributed by atoms with Crippen LogP contribution in [0.15, 0.2) is 73.3 Å². The molecule has 0 spiro atoms. The minimum absolute atomic E-state index is 0.0704. The van der Waals surface area contributed by atoms with Crippen LogP contribution in [0.25, 0.3) is 10.8 Å². The van der Waals surface area contributed by atoms with E-state index in [1.165, 1.54) is 10.9 Å². The van der Waals surface area contributed by atoms with Gasteiger partial charge in [0.2, 0.25) is 0 Å². The van der Waals surface area contributed by atoms with Gasteiger partial charge in [0, 0.05) is 61.3 Å². The number of fused-ring (bicyclic) bond motifs is 1. The van der Waals surface area contributed by atoms with Gasteiger partial charge in [-0.05, 0) is 42.0 Å². The maximum atomic E-state index is 13.6. The average molecular weight is 441 g/mol. The molecule has 6 heteroatoms. The number of hydrogen-bond donors (Lipinski definition) is 0. The summed E-state index contributed by atoms with van der Waals surface area (Å²) in [5.74, 6) is 1.24. The van der Waals surface area contributed by atoms with Crippen molar-refractivity contribution in [3.05, 3.63) is 95.8 Å². The summed E-state index contributed by atoms with van der Waals surface area (Å²) in [5.41, 5.74) is 3.03. The standard InChI is InChI=1S/C27H28N4O2/c1-20-29-11-12-30(20)18-24-5-2-3-8-26(24)27(32)31-13-14-33-19-21(17-31)15-22-6-4-7-23-16-28-10-9-25(22)23/h2-12,16,21H,13-15,17-19H2,1H3. The Morgan fingerprint density at radius 2 is 1.97 bits per heavy atom. The summed E-state index contributed by atoms with van der Waals surface area (Å²) in [6.07, 6.45) is 8.34. The fourth-order valence-electron chi connectivity index (χ4n) is 4.66. The number of ether oxygens (including phenoxy) is 1. The van der Waals surface area contributed by atoms with Crippen LogP contribution in [0.5, 0.6) is 0 Å². The highest BCUT2D eigenvalue weighted by atomic mass is 16.5. The minimum Gasteiger partial charge on any atom is -0.379 e. The molecule has 168 valence electrons. The van der Waals surface area contributed by atoms with E-state index < -0.39 is 0 Å². The smallest absolute Gasteiger partial charge is 0.254 e. The van der Waals surface area contributed by atoms with Gasteiger partial charge in [0.25, 0.3) is 5.91 Å². The maximum Gasteiger partial charge on any atom is 0.254 e. The van der Waals surface area contributed by atoms with Crippen molar-refractivity contribution in [3.8, 4) is 0 Å². The number of hydrogen-bond acceptors (Lipinski definition) is 4. The van der Waals surface area contributed by atoms with Gasteiger partial charge in [0.05, 0.1) is 13.2 Å². The van der Waals surface area contributed by atoms with Crippen LogP contribution in [0.4, 0.5) is 0 Å². The van der Waals surface area contributed by atoms with Crippen molar-refractivity contribution < 1.29 is 9.53 Å². The summed E-state index contributed by atoms with van der Waals surface area (Å²) in [6.45, 7) is 5.10. The molecule has 5 rings (SSSR count). The molecule has 1 unspecified atom stereocenters. The van der Waals surface area contributed by atoms with Gasteiger partial charge in [0.15, 0.2) is 0 Å². The molecule has 3 heterocycles. The van der Waals surface area contributed by atoms with Crippen LogP contribution in [0.3, 0.4) is 0 Å². The van der Waals surface area contributed by atoms with Crippen molar-refractivity contribution in [2.24, 2.45) is 5.92 Å². The highest BCUT2D eigenvalue weighted by molar-refractivity contribution is 5.95. The zero-order valence-corrected chi connectivity index (χ0v) is 18.9. The summed E-state index contributed by atoms with van der Waals surface area (Å²) >= 11 is 0. The molecule has 1 aliphatic heterocycles. The second-order valence-corrected chi connectivity index (χ2v) is 8.67. The van der Waals surface area contributed by atoms with Gasteiger partial charge in [-0.2, -0.15) is 0 Å². The molecule has 1 amide bonds. The van der Waals surface area contributed by atoms with Gasteiger partial charge in [-0.25, -0.2) is 4.98 Å². The molecule has 1 aliphatic rings. The normalized spacial score (nSPS) is 16.6. The van der Waals surface area contributed by atoms with E-state index in [2.05, 4.69) is 38.8 Å². The molecule has 1 fully saturated rings. The van der Waals surface area contributed by atoms with E-state index in [0.29, 0.717) is 32.8 Å². The molecular formula is C27H28N4O2. The van der Waals surface area contributed by atoms with Gasteiger partial charge < -0.3 is 14.2 Å². The first-order valence-electron chi connectivity index (χ1n) is 11.4. The van der Waals surface area contributed by atoms with Gasteiger partial charge in [-0.15, -0.1) is 0 Å². The number of rotatable bonds is 5. The molecule has 0 aliphatic carbocycles.